The van der Waals surface area contributed by atoms with Crippen molar-refractivity contribution in [3.05, 3.63) is 95.1 Å². The van der Waals surface area contributed by atoms with Gasteiger partial charge < -0.3 is 42.5 Å². The number of nitrogens with one attached hydrogen (secondary N) is 7. The Hall–Kier alpha value is -6.54. The van der Waals surface area contributed by atoms with E-state index in [2.05, 4.69) is 64.3 Å². The van der Waals surface area contributed by atoms with E-state index in [-0.39, 0.29) is 74.5 Å². The first kappa shape index (κ1) is 67.6. The molecule has 2 aromatic carbocycles. The molecule has 3 unspecified atom stereocenters. The molecule has 1 saturated carbocycles. The number of benzene rings is 2. The first-order chi connectivity index (χ1) is 36.8. The maximum atomic E-state index is 13.8. The molecule has 0 spiro atoms. The lowest BCUT2D eigenvalue weighted by atomic mass is 9.76. The van der Waals surface area contributed by atoms with E-state index < -0.39 is 52.3 Å². The number of nitrogens with zero attached hydrogens (tertiary/aromatic N) is 2. The number of carbonyl (C=O) groups excluding carboxylic acids is 9. The molecule has 1 heterocycles. The maximum absolute atomic E-state index is 13.8. The Bertz CT molecular complexity index is 2350. The van der Waals surface area contributed by atoms with Gasteiger partial charge in [-0.1, -0.05) is 142 Å². The van der Waals surface area contributed by atoms with E-state index in [1.54, 1.807) is 27.1 Å². The molecule has 1 aliphatic carbocycles. The van der Waals surface area contributed by atoms with Crippen LogP contribution in [0.5, 0.6) is 0 Å². The molecule has 3 atom stereocenters. The number of nitrogens with two attached hydrogens (primary N) is 1. The number of rotatable bonds is 28. The number of urea groups is 1. The van der Waals surface area contributed by atoms with E-state index in [0.29, 0.717) is 49.9 Å². The highest BCUT2D eigenvalue weighted by Crippen LogP contribution is 2.45. The Labute approximate surface area is 467 Å². The molecule has 20 heteroatoms. The number of carbonyl (C=O) groups is 9. The average Bonchev–Trinajstić information content (AvgIpc) is 4.10. The fraction of sp³-hybridized carbons (Fsp3) is 0.569. The average molecular weight is 1100 g/mol. The molecule has 19 nitrogen and oxygen atoms in total. The van der Waals surface area contributed by atoms with Crippen molar-refractivity contribution in [2.45, 2.75) is 168 Å². The lowest BCUT2D eigenvalue weighted by molar-refractivity contribution is -0.139. The summed E-state index contributed by atoms with van der Waals surface area (Å²) in [6, 6.07) is 14.3. The summed E-state index contributed by atoms with van der Waals surface area (Å²) >= 11 is 1.21. The molecule has 4 rings (SSSR count). The molecule has 9 N–H and O–H groups in total. The van der Waals surface area contributed by atoms with Crippen molar-refractivity contribution in [1.29, 1.82) is 0 Å². The Balaban J connectivity index is 0.00000331. The largest absolute Gasteiger partial charge is 0.352 e. The van der Waals surface area contributed by atoms with Crippen molar-refractivity contribution in [1.82, 2.24) is 46.4 Å². The molecule has 78 heavy (non-hydrogen) atoms. The second-order valence-electron chi connectivity index (χ2n) is 21.4. The van der Waals surface area contributed by atoms with Gasteiger partial charge in [-0.3, -0.25) is 48.0 Å². The van der Waals surface area contributed by atoms with Gasteiger partial charge in [0.25, 0.3) is 17.7 Å². The lowest BCUT2D eigenvalue weighted by Gasteiger charge is -2.38. The number of unbranched alkanes of at least 4 members (excludes halogenated alkanes) is 2. The fourth-order valence-corrected chi connectivity index (χ4v) is 8.93. The van der Waals surface area contributed by atoms with Crippen LogP contribution in [0.25, 0.3) is 0 Å². The van der Waals surface area contributed by atoms with E-state index in [9.17, 15) is 43.2 Å². The SMILES string of the molecule is CCC.CCC.CNC(C(=O)NC(C(=O)N(C)C/C=C(\C)C(=O)NSCc1ccc(C2(NC(=O)C(CCCNC(N)=O)NC(=O)CNC(=O)CCCCCN3C(=O)C=CC3=O)CC2)cc1)C(C)(C)C)C(C)(C)c1ccccc1. The zero-order chi connectivity index (χ0) is 58.6. The Morgan fingerprint density at radius 3 is 1.94 bits per heavy atom. The lowest BCUT2D eigenvalue weighted by Crippen LogP contribution is -2.60. The smallest absolute Gasteiger partial charge is 0.312 e. The summed E-state index contributed by atoms with van der Waals surface area (Å²) in [7, 11) is 3.37. The monoisotopic (exact) mass is 1100 g/mol. The van der Waals surface area contributed by atoms with Gasteiger partial charge in [-0.2, -0.15) is 0 Å². The second kappa shape index (κ2) is 33.7. The van der Waals surface area contributed by atoms with Crippen LogP contribution in [0.3, 0.4) is 0 Å². The van der Waals surface area contributed by atoms with Crippen LogP contribution in [-0.2, 0) is 55.1 Å². The van der Waals surface area contributed by atoms with Crippen molar-refractivity contribution in [3.8, 4) is 0 Å². The van der Waals surface area contributed by atoms with E-state index in [0.717, 1.165) is 21.6 Å². The molecular weight excluding hydrogens is 1010 g/mol. The molecule has 1 fully saturated rings. The molecule has 432 valence electrons. The first-order valence-electron chi connectivity index (χ1n) is 27.2. The highest BCUT2D eigenvalue weighted by Gasteiger charge is 2.47. The van der Waals surface area contributed by atoms with Crippen LogP contribution in [0.4, 0.5) is 4.79 Å². The van der Waals surface area contributed by atoms with Gasteiger partial charge in [0.1, 0.15) is 12.1 Å². The minimum Gasteiger partial charge on any atom is -0.352 e. The van der Waals surface area contributed by atoms with Gasteiger partial charge in [-0.05, 0) is 86.5 Å². The van der Waals surface area contributed by atoms with Gasteiger partial charge >= 0.3 is 6.03 Å². The zero-order valence-corrected chi connectivity index (χ0v) is 49.1. The van der Waals surface area contributed by atoms with Crippen molar-refractivity contribution >= 4 is 65.2 Å². The molecule has 10 amide bonds. The first-order valence-corrected chi connectivity index (χ1v) is 28.2. The van der Waals surface area contributed by atoms with Crippen LogP contribution in [0, 0.1) is 5.41 Å². The van der Waals surface area contributed by atoms with Gasteiger partial charge in [0, 0.05) is 62.0 Å². The second-order valence-corrected chi connectivity index (χ2v) is 22.2. The van der Waals surface area contributed by atoms with Crippen LogP contribution in [0.2, 0.25) is 0 Å². The highest BCUT2D eigenvalue weighted by atomic mass is 32.2. The molecule has 0 radical (unpaired) electrons. The predicted molar refractivity (Wildman–Crippen MR) is 308 cm³/mol. The van der Waals surface area contributed by atoms with Gasteiger partial charge in [-0.15, -0.1) is 0 Å². The van der Waals surface area contributed by atoms with E-state index in [4.69, 9.17) is 5.73 Å². The Morgan fingerprint density at radius 2 is 1.38 bits per heavy atom. The van der Waals surface area contributed by atoms with Crippen LogP contribution < -0.4 is 42.4 Å². The Kier molecular flexibility index (Phi) is 29.2. The van der Waals surface area contributed by atoms with Crippen molar-refractivity contribution in [2.24, 2.45) is 11.1 Å². The zero-order valence-electron chi connectivity index (χ0n) is 48.3. The molecule has 1 aliphatic heterocycles. The number of amides is 10. The van der Waals surface area contributed by atoms with Crippen LogP contribution in [-0.4, -0.2) is 121 Å². The topological polar surface area (TPSA) is 270 Å². The van der Waals surface area contributed by atoms with Crippen molar-refractivity contribution < 1.29 is 43.2 Å². The standard InChI is InChI=1S/C52H74N10O9S.2C3H8/c1-34(26-31-61(8)48(70)44(50(2,3)4)58-47(69)43(54-7)51(5,6)36-16-11-9-12-17-36)45(67)60-72-33-35-20-22-37(23-21-35)52(27-28-52)59-46(68)38(18-15-29-55-49(53)71)57-40(64)32-56-39(63)19-13-10-14-30-62-41(65)24-25-42(62)66;2*1-3-2/h9,11-12,16-17,20-26,38,43-44,54H,10,13-15,18-19,27-33H2,1-8H3,(H,56,63)(H,57,64)(H,58,69)(H,59,68)(H,60,67)(H3,53,55,71);2*3H2,1-2H3/b34-26+;;. The van der Waals surface area contributed by atoms with Gasteiger partial charge in [0.05, 0.1) is 18.1 Å². The van der Waals surface area contributed by atoms with Crippen molar-refractivity contribution in [2.75, 3.05) is 40.3 Å². The van der Waals surface area contributed by atoms with Crippen LogP contribution >= 0.6 is 11.9 Å². The summed E-state index contributed by atoms with van der Waals surface area (Å²) in [5.41, 5.74) is 6.55. The summed E-state index contributed by atoms with van der Waals surface area (Å²) in [4.78, 5) is 117. The van der Waals surface area contributed by atoms with Crippen LogP contribution in [0.1, 0.15) is 150 Å². The molecule has 0 bridgehead atoms. The number of hydrogen-bond acceptors (Lipinski definition) is 11. The minimum atomic E-state index is -0.965. The summed E-state index contributed by atoms with van der Waals surface area (Å²) in [6.45, 7) is 20.1. The van der Waals surface area contributed by atoms with Crippen molar-refractivity contribution in [3.63, 3.8) is 0 Å². The van der Waals surface area contributed by atoms with Gasteiger partial charge in [0.2, 0.25) is 29.5 Å². The highest BCUT2D eigenvalue weighted by molar-refractivity contribution is 7.97. The Morgan fingerprint density at radius 1 is 0.782 bits per heavy atom. The molecule has 0 saturated heterocycles. The molecule has 2 aromatic rings. The van der Waals surface area contributed by atoms with E-state index >= 15 is 0 Å². The molecule has 2 aliphatic rings. The minimum absolute atomic E-state index is 0.140. The maximum Gasteiger partial charge on any atom is 0.312 e. The van der Waals surface area contributed by atoms with Gasteiger partial charge in [0.15, 0.2) is 0 Å². The summed E-state index contributed by atoms with van der Waals surface area (Å²) < 4.78 is 2.86. The molecular formula is C58H90N10O9S. The third-order valence-corrected chi connectivity index (χ3v) is 13.7. The molecule has 0 aromatic heterocycles. The third-order valence-electron chi connectivity index (χ3n) is 12.9. The predicted octanol–water partition coefficient (Wildman–Crippen LogP) is 5.93. The number of likely N-dealkylation sites (N-methyl/N-ethyl adjacent to an activating group) is 2. The quantitative estimate of drug-likeness (QED) is 0.0214. The summed E-state index contributed by atoms with van der Waals surface area (Å²) in [5.74, 6) is -2.49. The number of primary amides is 1. The van der Waals surface area contributed by atoms with Crippen LogP contribution in [0.15, 0.2) is 78.4 Å². The normalized spacial score (nSPS) is 14.7. The van der Waals surface area contributed by atoms with Gasteiger partial charge in [-0.25, -0.2) is 4.79 Å². The summed E-state index contributed by atoms with van der Waals surface area (Å²) in [6.07, 6.45) is 10.3. The number of imide groups is 1. The number of hydrogen-bond donors (Lipinski definition) is 8. The summed E-state index contributed by atoms with van der Waals surface area (Å²) in [5, 5.41) is 17.0. The van der Waals surface area contributed by atoms with E-state index in [1.165, 1.54) is 41.8 Å². The third kappa shape index (κ3) is 22.8. The van der Waals surface area contributed by atoms with E-state index in [1.807, 2.05) is 89.2 Å². The fourth-order valence-electron chi connectivity index (χ4n) is 8.21.